The van der Waals surface area contributed by atoms with Crippen molar-refractivity contribution in [2.75, 3.05) is 18.4 Å². The van der Waals surface area contributed by atoms with Crippen LogP contribution in [0.4, 0.5) is 5.69 Å². The summed E-state index contributed by atoms with van der Waals surface area (Å²) in [5, 5.41) is 4.38. The van der Waals surface area contributed by atoms with Crippen molar-refractivity contribution in [2.45, 2.75) is 31.3 Å². The van der Waals surface area contributed by atoms with Crippen LogP contribution in [-0.2, 0) is 0 Å². The summed E-state index contributed by atoms with van der Waals surface area (Å²) in [5.74, 6) is 0. The van der Waals surface area contributed by atoms with E-state index in [4.69, 9.17) is 11.6 Å². The molecular formula is C13H17ClN2. The first-order valence-corrected chi connectivity index (χ1v) is 6.45. The Bertz CT molecular complexity index is 376. The fourth-order valence-corrected chi connectivity index (χ4v) is 2.68. The van der Waals surface area contributed by atoms with Gasteiger partial charge in [-0.15, -0.1) is 0 Å². The van der Waals surface area contributed by atoms with Gasteiger partial charge in [-0.05, 0) is 37.5 Å². The zero-order valence-electron chi connectivity index (χ0n) is 9.32. The number of halogens is 1. The van der Waals surface area contributed by atoms with Gasteiger partial charge >= 0.3 is 0 Å². The van der Waals surface area contributed by atoms with Crippen LogP contribution in [0.5, 0.6) is 0 Å². The molecule has 2 aliphatic rings. The van der Waals surface area contributed by atoms with E-state index < -0.39 is 0 Å². The van der Waals surface area contributed by atoms with E-state index in [9.17, 15) is 0 Å². The molecule has 3 heteroatoms. The van der Waals surface area contributed by atoms with Crippen molar-refractivity contribution in [2.24, 2.45) is 0 Å². The first kappa shape index (κ1) is 10.4. The minimum absolute atomic E-state index is 0.596. The summed E-state index contributed by atoms with van der Waals surface area (Å²) in [6.07, 6.45) is 4.07. The smallest absolute Gasteiger partial charge is 0.0426 e. The lowest BCUT2D eigenvalue weighted by molar-refractivity contribution is 0.326. The van der Waals surface area contributed by atoms with Crippen molar-refractivity contribution >= 4 is 17.3 Å². The molecule has 86 valence electrons. The van der Waals surface area contributed by atoms with Crippen molar-refractivity contribution in [1.82, 2.24) is 4.90 Å². The standard InChI is InChI=1S/C13H17ClN2/c14-10-2-1-3-11(8-10)15-12-6-7-16(9-12)13-4-5-13/h1-3,8,12-13,15H,4-7,9H2. The van der Waals surface area contributed by atoms with Crippen molar-refractivity contribution in [1.29, 1.82) is 0 Å². The lowest BCUT2D eigenvalue weighted by atomic mass is 10.2. The molecule has 1 aromatic rings. The van der Waals surface area contributed by atoms with Gasteiger partial charge in [-0.1, -0.05) is 17.7 Å². The van der Waals surface area contributed by atoms with E-state index in [0.717, 1.165) is 16.8 Å². The largest absolute Gasteiger partial charge is 0.381 e. The van der Waals surface area contributed by atoms with Gasteiger partial charge in [-0.25, -0.2) is 0 Å². The van der Waals surface area contributed by atoms with Crippen LogP contribution in [0, 0.1) is 0 Å². The van der Waals surface area contributed by atoms with Crippen LogP contribution in [0.1, 0.15) is 19.3 Å². The van der Waals surface area contributed by atoms with E-state index in [-0.39, 0.29) is 0 Å². The molecule has 1 heterocycles. The molecule has 0 amide bonds. The third-order valence-corrected chi connectivity index (χ3v) is 3.71. The van der Waals surface area contributed by atoms with E-state index in [1.54, 1.807) is 0 Å². The fourth-order valence-electron chi connectivity index (χ4n) is 2.49. The van der Waals surface area contributed by atoms with Crippen LogP contribution in [0.15, 0.2) is 24.3 Å². The molecule has 0 bridgehead atoms. The van der Waals surface area contributed by atoms with Crippen LogP contribution in [0.25, 0.3) is 0 Å². The van der Waals surface area contributed by atoms with Gasteiger partial charge in [0, 0.05) is 35.9 Å². The Hall–Kier alpha value is -0.730. The molecule has 2 nitrogen and oxygen atoms in total. The number of rotatable bonds is 3. The highest BCUT2D eigenvalue weighted by atomic mass is 35.5. The second kappa shape index (κ2) is 4.27. The average molecular weight is 237 g/mol. The van der Waals surface area contributed by atoms with Gasteiger partial charge in [0.1, 0.15) is 0 Å². The maximum absolute atomic E-state index is 5.97. The van der Waals surface area contributed by atoms with E-state index >= 15 is 0 Å². The normalized spacial score (nSPS) is 25.9. The molecule has 1 saturated heterocycles. The topological polar surface area (TPSA) is 15.3 Å². The Morgan fingerprint density at radius 1 is 1.25 bits per heavy atom. The lowest BCUT2D eigenvalue weighted by Crippen LogP contribution is -2.27. The molecule has 2 fully saturated rings. The zero-order valence-corrected chi connectivity index (χ0v) is 10.1. The SMILES string of the molecule is Clc1cccc(NC2CCN(C3CC3)C2)c1. The number of benzene rings is 1. The quantitative estimate of drug-likeness (QED) is 0.868. The summed E-state index contributed by atoms with van der Waals surface area (Å²) in [6.45, 7) is 2.44. The summed E-state index contributed by atoms with van der Waals surface area (Å²) >= 11 is 5.97. The van der Waals surface area contributed by atoms with Crippen molar-refractivity contribution in [3.63, 3.8) is 0 Å². The Morgan fingerprint density at radius 2 is 2.12 bits per heavy atom. The van der Waals surface area contributed by atoms with E-state index in [1.165, 1.54) is 32.4 Å². The van der Waals surface area contributed by atoms with Crippen LogP contribution in [-0.4, -0.2) is 30.1 Å². The fraction of sp³-hybridized carbons (Fsp3) is 0.538. The van der Waals surface area contributed by atoms with Gasteiger partial charge in [0.25, 0.3) is 0 Å². The number of hydrogen-bond acceptors (Lipinski definition) is 2. The van der Waals surface area contributed by atoms with Gasteiger partial charge < -0.3 is 5.32 Å². The molecule has 1 unspecified atom stereocenters. The van der Waals surface area contributed by atoms with E-state index in [0.29, 0.717) is 6.04 Å². The molecule has 0 radical (unpaired) electrons. The summed E-state index contributed by atoms with van der Waals surface area (Å²) in [4.78, 5) is 2.61. The molecule has 3 rings (SSSR count). The molecule has 0 spiro atoms. The van der Waals surface area contributed by atoms with Crippen molar-refractivity contribution in [3.05, 3.63) is 29.3 Å². The third-order valence-electron chi connectivity index (χ3n) is 3.48. The van der Waals surface area contributed by atoms with Crippen LogP contribution in [0.3, 0.4) is 0 Å². The van der Waals surface area contributed by atoms with Crippen molar-refractivity contribution in [3.8, 4) is 0 Å². The highest BCUT2D eigenvalue weighted by Crippen LogP contribution is 2.30. The molecule has 1 aromatic carbocycles. The first-order chi connectivity index (χ1) is 7.81. The lowest BCUT2D eigenvalue weighted by Gasteiger charge is -2.16. The number of nitrogens with one attached hydrogen (secondary N) is 1. The van der Waals surface area contributed by atoms with E-state index in [2.05, 4.69) is 16.3 Å². The van der Waals surface area contributed by atoms with Crippen LogP contribution >= 0.6 is 11.6 Å². The summed E-state index contributed by atoms with van der Waals surface area (Å²) in [7, 11) is 0. The van der Waals surface area contributed by atoms with Gasteiger partial charge in [-0.2, -0.15) is 0 Å². The molecule has 16 heavy (non-hydrogen) atoms. The Kier molecular flexibility index (Phi) is 2.78. The third kappa shape index (κ3) is 2.33. The molecule has 1 saturated carbocycles. The average Bonchev–Trinajstić information content (AvgIpc) is 3.01. The van der Waals surface area contributed by atoms with Crippen molar-refractivity contribution < 1.29 is 0 Å². The van der Waals surface area contributed by atoms with Gasteiger partial charge in [0.15, 0.2) is 0 Å². The van der Waals surface area contributed by atoms with Crippen LogP contribution < -0.4 is 5.32 Å². The van der Waals surface area contributed by atoms with Gasteiger partial charge in [-0.3, -0.25) is 4.90 Å². The highest BCUT2D eigenvalue weighted by molar-refractivity contribution is 6.30. The Labute approximate surface area is 102 Å². The molecule has 0 aromatic heterocycles. The second-order valence-electron chi connectivity index (χ2n) is 4.87. The molecule has 1 N–H and O–H groups in total. The van der Waals surface area contributed by atoms with Gasteiger partial charge in [0.05, 0.1) is 0 Å². The molecular weight excluding hydrogens is 220 g/mol. The number of likely N-dealkylation sites (tertiary alicyclic amines) is 1. The Balaban J connectivity index is 1.59. The maximum atomic E-state index is 5.97. The Morgan fingerprint density at radius 3 is 2.88 bits per heavy atom. The number of anilines is 1. The first-order valence-electron chi connectivity index (χ1n) is 6.07. The molecule has 1 aliphatic carbocycles. The second-order valence-corrected chi connectivity index (χ2v) is 5.30. The minimum atomic E-state index is 0.596. The maximum Gasteiger partial charge on any atom is 0.0426 e. The molecule has 1 aliphatic heterocycles. The monoisotopic (exact) mass is 236 g/mol. The molecule has 1 atom stereocenters. The highest BCUT2D eigenvalue weighted by Gasteiger charge is 2.34. The number of hydrogen-bond donors (Lipinski definition) is 1. The number of nitrogens with zero attached hydrogens (tertiary/aromatic N) is 1. The zero-order chi connectivity index (χ0) is 11.0. The summed E-state index contributed by atoms with van der Waals surface area (Å²) in [5.41, 5.74) is 1.15. The summed E-state index contributed by atoms with van der Waals surface area (Å²) < 4.78 is 0. The van der Waals surface area contributed by atoms with Crippen LogP contribution in [0.2, 0.25) is 5.02 Å². The van der Waals surface area contributed by atoms with Gasteiger partial charge in [0.2, 0.25) is 0 Å². The summed E-state index contributed by atoms with van der Waals surface area (Å²) in [6, 6.07) is 9.49. The van der Waals surface area contributed by atoms with E-state index in [1.807, 2.05) is 18.2 Å². The minimum Gasteiger partial charge on any atom is -0.381 e. The predicted molar refractivity (Wildman–Crippen MR) is 68.1 cm³/mol. The predicted octanol–water partition coefficient (Wildman–Crippen LogP) is 2.99.